The Hall–Kier alpha value is -1.49. The van der Waals surface area contributed by atoms with Crippen LogP contribution in [0.25, 0.3) is 0 Å². The van der Waals surface area contributed by atoms with Crippen LogP contribution in [0, 0.1) is 6.92 Å². The normalized spacial score (nSPS) is 10.5. The molecule has 4 nitrogen and oxygen atoms in total. The molecule has 0 aliphatic heterocycles. The Kier molecular flexibility index (Phi) is 2.64. The fourth-order valence-electron chi connectivity index (χ4n) is 1.54. The van der Waals surface area contributed by atoms with Gasteiger partial charge < -0.3 is 10.6 Å². The molecule has 0 radical (unpaired) electrons. The van der Waals surface area contributed by atoms with Crippen LogP contribution in [0.3, 0.4) is 0 Å². The Balaban J connectivity index is 2.10. The van der Waals surface area contributed by atoms with Gasteiger partial charge >= 0.3 is 0 Å². The molecular weight excluding hydrogens is 208 g/mol. The molecule has 3 N–H and O–H groups in total. The van der Waals surface area contributed by atoms with Gasteiger partial charge in [0.25, 0.3) is 0 Å². The number of nitrogens with zero attached hydrogens (tertiary/aromatic N) is 2. The van der Waals surface area contributed by atoms with Crippen LogP contribution >= 0.6 is 11.3 Å². The van der Waals surface area contributed by atoms with Gasteiger partial charge in [0.05, 0.1) is 17.2 Å². The van der Waals surface area contributed by atoms with Gasteiger partial charge in [0.2, 0.25) is 0 Å². The van der Waals surface area contributed by atoms with Crippen molar-refractivity contribution in [2.45, 2.75) is 13.5 Å². The number of aromatic nitrogens is 2. The smallest absolute Gasteiger partial charge is 0.145 e. The molecule has 0 fully saturated rings. The standard InChI is InChI=1S/C10H14N4S/c1-7-3-4-15-10(7)14(2)6-8-5-9(11)13-12-8/h3-5H,6H2,1-2H3,(H3,11,12,13). The number of nitrogens with one attached hydrogen (secondary N) is 1. The van der Waals surface area contributed by atoms with Crippen LogP contribution in [-0.4, -0.2) is 17.2 Å². The minimum Gasteiger partial charge on any atom is -0.382 e. The predicted octanol–water partition coefficient (Wildman–Crippen LogP) is 2.00. The molecule has 2 heterocycles. The molecule has 0 amide bonds. The maximum atomic E-state index is 5.54. The highest BCUT2D eigenvalue weighted by atomic mass is 32.1. The van der Waals surface area contributed by atoms with E-state index >= 15 is 0 Å². The summed E-state index contributed by atoms with van der Waals surface area (Å²) in [4.78, 5) is 2.19. The predicted molar refractivity (Wildman–Crippen MR) is 64.2 cm³/mol. The molecule has 2 rings (SSSR count). The maximum Gasteiger partial charge on any atom is 0.145 e. The first-order valence-electron chi connectivity index (χ1n) is 4.72. The van der Waals surface area contributed by atoms with E-state index in [0.29, 0.717) is 5.82 Å². The van der Waals surface area contributed by atoms with Crippen LogP contribution in [-0.2, 0) is 6.54 Å². The number of H-pyrrole nitrogens is 1. The van der Waals surface area contributed by atoms with E-state index in [2.05, 4.69) is 40.5 Å². The first-order valence-corrected chi connectivity index (χ1v) is 5.60. The van der Waals surface area contributed by atoms with Crippen molar-refractivity contribution in [3.63, 3.8) is 0 Å². The number of rotatable bonds is 3. The Labute approximate surface area is 92.7 Å². The van der Waals surface area contributed by atoms with Crippen molar-refractivity contribution in [3.8, 4) is 0 Å². The van der Waals surface area contributed by atoms with E-state index in [9.17, 15) is 0 Å². The number of hydrogen-bond acceptors (Lipinski definition) is 4. The zero-order valence-corrected chi connectivity index (χ0v) is 9.64. The van der Waals surface area contributed by atoms with Gasteiger partial charge in [-0.2, -0.15) is 5.10 Å². The molecule has 0 saturated heterocycles. The third-order valence-corrected chi connectivity index (χ3v) is 3.37. The van der Waals surface area contributed by atoms with Gasteiger partial charge in [0, 0.05) is 13.1 Å². The van der Waals surface area contributed by atoms with Gasteiger partial charge in [-0.05, 0) is 23.9 Å². The van der Waals surface area contributed by atoms with E-state index in [1.165, 1.54) is 10.6 Å². The quantitative estimate of drug-likeness (QED) is 0.835. The van der Waals surface area contributed by atoms with E-state index in [1.54, 1.807) is 11.3 Å². The lowest BCUT2D eigenvalue weighted by molar-refractivity contribution is 0.875. The van der Waals surface area contributed by atoms with Crippen LogP contribution in [0.4, 0.5) is 10.8 Å². The lowest BCUT2D eigenvalue weighted by Gasteiger charge is -2.16. The van der Waals surface area contributed by atoms with Crippen LogP contribution in [0.1, 0.15) is 11.3 Å². The average molecular weight is 222 g/mol. The van der Waals surface area contributed by atoms with E-state index in [0.717, 1.165) is 12.2 Å². The lowest BCUT2D eigenvalue weighted by atomic mass is 10.3. The first kappa shape index (κ1) is 10.0. The number of anilines is 2. The molecule has 2 aromatic rings. The maximum absolute atomic E-state index is 5.54. The Morgan fingerprint density at radius 1 is 1.60 bits per heavy atom. The zero-order valence-electron chi connectivity index (χ0n) is 8.82. The van der Waals surface area contributed by atoms with Gasteiger partial charge in [0.1, 0.15) is 5.82 Å². The first-order chi connectivity index (χ1) is 7.16. The van der Waals surface area contributed by atoms with Gasteiger partial charge in [-0.15, -0.1) is 11.3 Å². The highest BCUT2D eigenvalue weighted by molar-refractivity contribution is 7.14. The van der Waals surface area contributed by atoms with Gasteiger partial charge in [-0.3, -0.25) is 5.10 Å². The van der Waals surface area contributed by atoms with Crippen molar-refractivity contribution in [1.82, 2.24) is 10.2 Å². The highest BCUT2D eigenvalue weighted by Crippen LogP contribution is 2.26. The monoisotopic (exact) mass is 222 g/mol. The van der Waals surface area contributed by atoms with Crippen molar-refractivity contribution < 1.29 is 0 Å². The highest BCUT2D eigenvalue weighted by Gasteiger charge is 2.07. The van der Waals surface area contributed by atoms with Crippen molar-refractivity contribution >= 4 is 22.2 Å². The summed E-state index contributed by atoms with van der Waals surface area (Å²) in [5, 5.41) is 10.2. The van der Waals surface area contributed by atoms with Crippen molar-refractivity contribution in [1.29, 1.82) is 0 Å². The average Bonchev–Trinajstić information content (AvgIpc) is 2.75. The van der Waals surface area contributed by atoms with Crippen LogP contribution in [0.15, 0.2) is 17.5 Å². The third kappa shape index (κ3) is 2.12. The minimum absolute atomic E-state index is 0.543. The van der Waals surface area contributed by atoms with Gasteiger partial charge in [0.15, 0.2) is 0 Å². The summed E-state index contributed by atoms with van der Waals surface area (Å²) in [6, 6.07) is 3.98. The number of nitrogens with two attached hydrogens (primary N) is 1. The molecule has 0 saturated carbocycles. The summed E-state index contributed by atoms with van der Waals surface area (Å²) in [7, 11) is 2.07. The van der Waals surface area contributed by atoms with Crippen molar-refractivity contribution in [2.24, 2.45) is 0 Å². The zero-order chi connectivity index (χ0) is 10.8. The Bertz CT molecular complexity index is 446. The number of thiophene rings is 1. The number of nitrogen functional groups attached to an aromatic ring is 1. The molecule has 80 valence electrons. The summed E-state index contributed by atoms with van der Waals surface area (Å²) < 4.78 is 0. The number of aromatic amines is 1. The van der Waals surface area contributed by atoms with Crippen LogP contribution < -0.4 is 10.6 Å². The fourth-order valence-corrected chi connectivity index (χ4v) is 2.44. The summed E-state index contributed by atoms with van der Waals surface area (Å²) >= 11 is 1.74. The van der Waals surface area contributed by atoms with E-state index in [-0.39, 0.29) is 0 Å². The molecule has 15 heavy (non-hydrogen) atoms. The topological polar surface area (TPSA) is 57.9 Å². The molecule has 0 aliphatic rings. The van der Waals surface area contributed by atoms with Gasteiger partial charge in [-0.1, -0.05) is 0 Å². The second kappa shape index (κ2) is 3.94. The molecular formula is C10H14N4S. The molecule has 0 unspecified atom stereocenters. The third-order valence-electron chi connectivity index (χ3n) is 2.24. The second-order valence-electron chi connectivity index (χ2n) is 3.58. The second-order valence-corrected chi connectivity index (χ2v) is 4.48. The van der Waals surface area contributed by atoms with E-state index in [4.69, 9.17) is 5.73 Å². The largest absolute Gasteiger partial charge is 0.382 e. The van der Waals surface area contributed by atoms with E-state index < -0.39 is 0 Å². The van der Waals surface area contributed by atoms with Gasteiger partial charge in [-0.25, -0.2) is 0 Å². The molecule has 0 aliphatic carbocycles. The Morgan fingerprint density at radius 3 is 2.93 bits per heavy atom. The number of hydrogen-bond donors (Lipinski definition) is 2. The molecule has 0 aromatic carbocycles. The summed E-state index contributed by atoms with van der Waals surface area (Å²) in [5.41, 5.74) is 7.88. The molecule has 0 spiro atoms. The molecule has 0 bridgehead atoms. The Morgan fingerprint density at radius 2 is 2.40 bits per heavy atom. The SMILES string of the molecule is Cc1ccsc1N(C)Cc1cc(N)n[nH]1. The number of aryl methyl sites for hydroxylation is 1. The van der Waals surface area contributed by atoms with E-state index in [1.807, 2.05) is 6.07 Å². The summed E-state index contributed by atoms with van der Waals surface area (Å²) in [6.45, 7) is 2.91. The lowest BCUT2D eigenvalue weighted by Crippen LogP contribution is -2.16. The van der Waals surface area contributed by atoms with Crippen molar-refractivity contribution in [3.05, 3.63) is 28.8 Å². The minimum atomic E-state index is 0.543. The van der Waals surface area contributed by atoms with Crippen LogP contribution in [0.5, 0.6) is 0 Å². The summed E-state index contributed by atoms with van der Waals surface area (Å²) in [5.74, 6) is 0.543. The summed E-state index contributed by atoms with van der Waals surface area (Å²) in [6.07, 6.45) is 0. The molecule has 2 aromatic heterocycles. The van der Waals surface area contributed by atoms with Crippen molar-refractivity contribution in [2.75, 3.05) is 17.7 Å². The molecule has 5 heteroatoms. The fraction of sp³-hybridized carbons (Fsp3) is 0.300. The molecule has 0 atom stereocenters. The van der Waals surface area contributed by atoms with Crippen LogP contribution in [0.2, 0.25) is 0 Å².